The van der Waals surface area contributed by atoms with Crippen molar-refractivity contribution in [1.29, 1.82) is 0 Å². The number of amides is 1. The molecule has 0 bridgehead atoms. The summed E-state index contributed by atoms with van der Waals surface area (Å²) >= 11 is 0. The molecule has 1 aliphatic heterocycles. The van der Waals surface area contributed by atoms with Gasteiger partial charge in [0.05, 0.1) is 0 Å². The van der Waals surface area contributed by atoms with Crippen molar-refractivity contribution in [3.05, 3.63) is 24.3 Å². The molecular weight excluding hydrogens is 224 g/mol. The minimum atomic E-state index is 0.0640. The van der Waals surface area contributed by atoms with E-state index in [0.29, 0.717) is 12.5 Å². The van der Waals surface area contributed by atoms with Gasteiger partial charge in [-0.05, 0) is 50.5 Å². The predicted molar refractivity (Wildman–Crippen MR) is 76.0 cm³/mol. The van der Waals surface area contributed by atoms with E-state index in [-0.39, 0.29) is 5.91 Å². The van der Waals surface area contributed by atoms with Gasteiger partial charge < -0.3 is 10.2 Å². The Kier molecular flexibility index (Phi) is 4.24. The van der Waals surface area contributed by atoms with Crippen molar-refractivity contribution in [2.75, 3.05) is 16.8 Å². The number of anilines is 2. The van der Waals surface area contributed by atoms with E-state index in [0.717, 1.165) is 12.2 Å². The number of hydrogen-bond acceptors (Lipinski definition) is 2. The van der Waals surface area contributed by atoms with E-state index in [2.05, 4.69) is 29.3 Å². The Morgan fingerprint density at radius 2 is 2.06 bits per heavy atom. The van der Waals surface area contributed by atoms with Crippen molar-refractivity contribution in [3.63, 3.8) is 0 Å². The maximum Gasteiger partial charge on any atom is 0.224 e. The normalized spacial score (nSPS) is 19.7. The van der Waals surface area contributed by atoms with Crippen molar-refractivity contribution in [3.8, 4) is 0 Å². The third kappa shape index (κ3) is 3.03. The highest BCUT2D eigenvalue weighted by Crippen LogP contribution is 2.25. The molecule has 1 atom stereocenters. The van der Waals surface area contributed by atoms with Crippen LogP contribution in [0.25, 0.3) is 0 Å². The molecule has 1 fully saturated rings. The maximum absolute atomic E-state index is 11.3. The second-order valence-electron chi connectivity index (χ2n) is 4.99. The summed E-state index contributed by atoms with van der Waals surface area (Å²) in [7, 11) is 0. The zero-order valence-electron chi connectivity index (χ0n) is 11.3. The Labute approximate surface area is 109 Å². The highest BCUT2D eigenvalue weighted by atomic mass is 16.1. The van der Waals surface area contributed by atoms with Gasteiger partial charge in [-0.2, -0.15) is 0 Å². The van der Waals surface area contributed by atoms with Crippen molar-refractivity contribution < 1.29 is 4.79 Å². The van der Waals surface area contributed by atoms with E-state index in [1.807, 2.05) is 19.1 Å². The molecule has 3 nitrogen and oxygen atoms in total. The predicted octanol–water partition coefficient (Wildman–Crippen LogP) is 3.41. The van der Waals surface area contributed by atoms with Gasteiger partial charge in [-0.1, -0.05) is 6.92 Å². The monoisotopic (exact) mass is 246 g/mol. The van der Waals surface area contributed by atoms with Gasteiger partial charge in [0.25, 0.3) is 0 Å². The lowest BCUT2D eigenvalue weighted by molar-refractivity contribution is -0.115. The van der Waals surface area contributed by atoms with E-state index in [4.69, 9.17) is 0 Å². The van der Waals surface area contributed by atoms with Gasteiger partial charge in [0.2, 0.25) is 5.91 Å². The summed E-state index contributed by atoms with van der Waals surface area (Å²) in [5.41, 5.74) is 2.15. The number of nitrogens with zero attached hydrogens (tertiary/aromatic N) is 1. The van der Waals surface area contributed by atoms with Crippen molar-refractivity contribution in [1.82, 2.24) is 0 Å². The summed E-state index contributed by atoms with van der Waals surface area (Å²) in [6.45, 7) is 5.28. The maximum atomic E-state index is 11.3. The molecule has 0 aromatic heterocycles. The first-order valence-corrected chi connectivity index (χ1v) is 6.87. The second-order valence-corrected chi connectivity index (χ2v) is 4.99. The number of nitrogens with one attached hydrogen (secondary N) is 1. The van der Waals surface area contributed by atoms with Crippen LogP contribution in [0.2, 0.25) is 0 Å². The van der Waals surface area contributed by atoms with E-state index in [1.54, 1.807) is 0 Å². The Morgan fingerprint density at radius 1 is 1.33 bits per heavy atom. The van der Waals surface area contributed by atoms with Gasteiger partial charge in [0.1, 0.15) is 0 Å². The first-order chi connectivity index (χ1) is 8.70. The summed E-state index contributed by atoms with van der Waals surface area (Å²) < 4.78 is 0. The Bertz CT molecular complexity index is 399. The number of carbonyl (C=O) groups excluding carboxylic acids is 1. The summed E-state index contributed by atoms with van der Waals surface area (Å²) in [6, 6.07) is 8.81. The molecule has 1 aromatic rings. The standard InChI is InChI=1S/C15H22N2O/c1-3-15(18)16-13-7-9-14(10-8-13)17-11-5-4-6-12(17)2/h7-10,12H,3-6,11H2,1-2H3,(H,16,18). The van der Waals surface area contributed by atoms with Crippen molar-refractivity contribution in [2.24, 2.45) is 0 Å². The van der Waals surface area contributed by atoms with Gasteiger partial charge in [-0.15, -0.1) is 0 Å². The lowest BCUT2D eigenvalue weighted by atomic mass is 10.0. The molecule has 2 rings (SSSR count). The molecule has 3 heteroatoms. The first-order valence-electron chi connectivity index (χ1n) is 6.87. The third-order valence-electron chi connectivity index (χ3n) is 3.61. The molecule has 0 spiro atoms. The fourth-order valence-electron chi connectivity index (χ4n) is 2.47. The van der Waals surface area contributed by atoms with Crippen LogP contribution in [0.4, 0.5) is 11.4 Å². The Morgan fingerprint density at radius 3 is 2.67 bits per heavy atom. The largest absolute Gasteiger partial charge is 0.369 e. The molecule has 0 radical (unpaired) electrons. The van der Waals surface area contributed by atoms with Crippen LogP contribution in [0.5, 0.6) is 0 Å². The van der Waals surface area contributed by atoms with E-state index in [9.17, 15) is 4.79 Å². The molecule has 1 unspecified atom stereocenters. The lowest BCUT2D eigenvalue weighted by Gasteiger charge is -2.35. The van der Waals surface area contributed by atoms with Crippen molar-refractivity contribution >= 4 is 17.3 Å². The first kappa shape index (κ1) is 12.9. The van der Waals surface area contributed by atoms with Crippen LogP contribution in [0.3, 0.4) is 0 Å². The summed E-state index contributed by atoms with van der Waals surface area (Å²) in [4.78, 5) is 13.8. The molecule has 1 aromatic carbocycles. The minimum Gasteiger partial charge on any atom is -0.369 e. The average molecular weight is 246 g/mol. The zero-order chi connectivity index (χ0) is 13.0. The number of carbonyl (C=O) groups is 1. The van der Waals surface area contributed by atoms with Crippen molar-refractivity contribution in [2.45, 2.75) is 45.6 Å². The van der Waals surface area contributed by atoms with Crippen LogP contribution >= 0.6 is 0 Å². The van der Waals surface area contributed by atoms with Gasteiger partial charge in [0, 0.05) is 30.4 Å². The Hall–Kier alpha value is -1.51. The van der Waals surface area contributed by atoms with Crippen LogP contribution in [0.15, 0.2) is 24.3 Å². The number of benzene rings is 1. The van der Waals surface area contributed by atoms with Crippen LogP contribution < -0.4 is 10.2 Å². The van der Waals surface area contributed by atoms with Gasteiger partial charge >= 0.3 is 0 Å². The molecule has 18 heavy (non-hydrogen) atoms. The molecule has 0 saturated carbocycles. The smallest absolute Gasteiger partial charge is 0.224 e. The van der Waals surface area contributed by atoms with E-state index < -0.39 is 0 Å². The number of piperidine rings is 1. The molecule has 0 aliphatic carbocycles. The summed E-state index contributed by atoms with van der Waals surface area (Å²) in [5.74, 6) is 0.0640. The second kappa shape index (κ2) is 5.89. The van der Waals surface area contributed by atoms with E-state index in [1.165, 1.54) is 24.9 Å². The average Bonchev–Trinajstić information content (AvgIpc) is 2.40. The van der Waals surface area contributed by atoms with Crippen LogP contribution in [0.1, 0.15) is 39.5 Å². The molecular formula is C15H22N2O. The van der Waals surface area contributed by atoms with Crippen LogP contribution in [-0.2, 0) is 4.79 Å². The van der Waals surface area contributed by atoms with Gasteiger partial charge in [-0.25, -0.2) is 0 Å². The van der Waals surface area contributed by atoms with Crippen LogP contribution in [0, 0.1) is 0 Å². The lowest BCUT2D eigenvalue weighted by Crippen LogP contribution is -2.37. The quantitative estimate of drug-likeness (QED) is 0.886. The fourth-order valence-corrected chi connectivity index (χ4v) is 2.47. The highest BCUT2D eigenvalue weighted by molar-refractivity contribution is 5.90. The summed E-state index contributed by atoms with van der Waals surface area (Å²) in [6.07, 6.45) is 4.40. The zero-order valence-corrected chi connectivity index (χ0v) is 11.3. The third-order valence-corrected chi connectivity index (χ3v) is 3.61. The number of rotatable bonds is 3. The molecule has 1 amide bonds. The van der Waals surface area contributed by atoms with Gasteiger partial charge in [0.15, 0.2) is 0 Å². The fraction of sp³-hybridized carbons (Fsp3) is 0.533. The molecule has 1 heterocycles. The van der Waals surface area contributed by atoms with Crippen LogP contribution in [-0.4, -0.2) is 18.5 Å². The molecule has 1 N–H and O–H groups in total. The number of hydrogen-bond donors (Lipinski definition) is 1. The summed E-state index contributed by atoms with van der Waals surface area (Å²) in [5, 5.41) is 2.88. The minimum absolute atomic E-state index is 0.0640. The molecule has 98 valence electrons. The SMILES string of the molecule is CCC(=O)Nc1ccc(N2CCCCC2C)cc1. The molecule has 1 saturated heterocycles. The molecule has 1 aliphatic rings. The van der Waals surface area contributed by atoms with E-state index >= 15 is 0 Å². The highest BCUT2D eigenvalue weighted by Gasteiger charge is 2.18. The Balaban J connectivity index is 2.04. The topological polar surface area (TPSA) is 32.3 Å². The van der Waals surface area contributed by atoms with Gasteiger partial charge in [-0.3, -0.25) is 4.79 Å².